The van der Waals surface area contributed by atoms with Gasteiger partial charge in [-0.2, -0.15) is 0 Å². The van der Waals surface area contributed by atoms with Crippen molar-refractivity contribution in [2.24, 2.45) is 0 Å². The lowest BCUT2D eigenvalue weighted by atomic mass is 10.1. The number of hydrogen-bond donors (Lipinski definition) is 1. The van der Waals surface area contributed by atoms with E-state index < -0.39 is 0 Å². The fourth-order valence-corrected chi connectivity index (χ4v) is 3.30. The van der Waals surface area contributed by atoms with Gasteiger partial charge in [-0.05, 0) is 31.2 Å². The molecule has 3 rings (SSSR count). The molecule has 128 valence electrons. The highest BCUT2D eigenvalue weighted by Gasteiger charge is 2.19. The maximum atomic E-state index is 12.6. The van der Waals surface area contributed by atoms with Crippen LogP contribution < -0.4 is 10.5 Å². The number of anilines is 1. The van der Waals surface area contributed by atoms with E-state index in [0.717, 1.165) is 54.0 Å². The van der Waals surface area contributed by atoms with Crippen LogP contribution in [0.4, 0.5) is 5.95 Å². The molecule has 2 aromatic rings. The molecule has 0 amide bonds. The number of likely N-dealkylation sites (N-methyl/N-ethyl adjacent to an activating group) is 1. The maximum Gasteiger partial charge on any atom is 0.256 e. The normalized spacial score (nSPS) is 15.7. The van der Waals surface area contributed by atoms with Crippen LogP contribution in [0.2, 0.25) is 0 Å². The molecule has 0 aliphatic carbocycles. The Morgan fingerprint density at radius 3 is 2.42 bits per heavy atom. The van der Waals surface area contributed by atoms with Crippen molar-refractivity contribution in [2.45, 2.75) is 20.3 Å². The van der Waals surface area contributed by atoms with Crippen molar-refractivity contribution in [3.05, 3.63) is 55.9 Å². The Balaban J connectivity index is 1.79. The third-order valence-corrected chi connectivity index (χ3v) is 5.15. The third kappa shape index (κ3) is 3.87. The Labute approximate surface area is 150 Å². The minimum Gasteiger partial charge on any atom is -0.340 e. The zero-order valence-corrected chi connectivity index (χ0v) is 15.8. The highest BCUT2D eigenvalue weighted by atomic mass is 79.9. The van der Waals surface area contributed by atoms with Crippen molar-refractivity contribution < 1.29 is 0 Å². The summed E-state index contributed by atoms with van der Waals surface area (Å²) in [5.74, 6) is 0.702. The summed E-state index contributed by atoms with van der Waals surface area (Å²) in [6.45, 7) is 9.01. The number of rotatable bonds is 4. The van der Waals surface area contributed by atoms with Gasteiger partial charge in [-0.15, -0.1) is 0 Å². The zero-order valence-electron chi connectivity index (χ0n) is 14.2. The van der Waals surface area contributed by atoms with E-state index in [1.807, 2.05) is 31.2 Å². The third-order valence-electron chi connectivity index (χ3n) is 4.62. The van der Waals surface area contributed by atoms with E-state index in [1.54, 1.807) is 0 Å². The summed E-state index contributed by atoms with van der Waals surface area (Å²) in [6, 6.07) is 8.05. The van der Waals surface area contributed by atoms with Crippen LogP contribution in [0, 0.1) is 6.92 Å². The number of nitrogens with zero attached hydrogens (tertiary/aromatic N) is 3. The predicted molar refractivity (Wildman–Crippen MR) is 101 cm³/mol. The van der Waals surface area contributed by atoms with E-state index in [9.17, 15) is 4.79 Å². The number of aryl methyl sites for hydroxylation is 1. The van der Waals surface area contributed by atoms with E-state index in [4.69, 9.17) is 0 Å². The second kappa shape index (κ2) is 7.49. The van der Waals surface area contributed by atoms with Crippen molar-refractivity contribution in [1.29, 1.82) is 0 Å². The van der Waals surface area contributed by atoms with Gasteiger partial charge in [0.25, 0.3) is 5.56 Å². The summed E-state index contributed by atoms with van der Waals surface area (Å²) in [7, 11) is 0. The first-order valence-corrected chi connectivity index (χ1v) is 9.17. The molecule has 1 N–H and O–H groups in total. The van der Waals surface area contributed by atoms with Crippen LogP contribution in [0.15, 0.2) is 33.5 Å². The van der Waals surface area contributed by atoms with Crippen LogP contribution >= 0.6 is 15.9 Å². The SMILES string of the molecule is CCN1CCN(c2nc(C)c(Cc3ccc(Br)cc3)c(=O)[nH]2)CC1. The van der Waals surface area contributed by atoms with E-state index in [-0.39, 0.29) is 5.56 Å². The molecule has 6 heteroatoms. The second-order valence-electron chi connectivity index (χ2n) is 6.18. The van der Waals surface area contributed by atoms with Gasteiger partial charge in [-0.1, -0.05) is 35.0 Å². The van der Waals surface area contributed by atoms with Crippen molar-refractivity contribution in [3.63, 3.8) is 0 Å². The van der Waals surface area contributed by atoms with Crippen LogP contribution in [-0.2, 0) is 6.42 Å². The molecule has 1 fully saturated rings. The zero-order chi connectivity index (χ0) is 17.1. The molecule has 2 heterocycles. The fraction of sp³-hybridized carbons (Fsp3) is 0.444. The molecule has 5 nitrogen and oxygen atoms in total. The first-order valence-electron chi connectivity index (χ1n) is 8.38. The Morgan fingerprint density at radius 1 is 1.17 bits per heavy atom. The van der Waals surface area contributed by atoms with Crippen LogP contribution in [0.25, 0.3) is 0 Å². The number of halogens is 1. The molecule has 0 atom stereocenters. The Bertz CT molecular complexity index is 749. The predicted octanol–water partition coefficient (Wildman–Crippen LogP) is 2.57. The monoisotopic (exact) mass is 390 g/mol. The van der Waals surface area contributed by atoms with Crippen molar-refractivity contribution >= 4 is 21.9 Å². The number of aromatic amines is 1. The molecule has 0 spiro atoms. The summed E-state index contributed by atoms with van der Waals surface area (Å²) in [6.07, 6.45) is 0.603. The first kappa shape index (κ1) is 17.2. The van der Waals surface area contributed by atoms with E-state index in [2.05, 4.69) is 42.6 Å². The topological polar surface area (TPSA) is 52.2 Å². The number of H-pyrrole nitrogens is 1. The number of hydrogen-bond acceptors (Lipinski definition) is 4. The van der Waals surface area contributed by atoms with Gasteiger partial charge < -0.3 is 9.80 Å². The van der Waals surface area contributed by atoms with Gasteiger partial charge in [0.05, 0.1) is 5.69 Å². The minimum absolute atomic E-state index is 0.0293. The standard InChI is InChI=1S/C18H23BrN4O/c1-3-22-8-10-23(11-9-22)18-20-13(2)16(17(24)21-18)12-14-4-6-15(19)7-5-14/h4-7H,3,8-12H2,1-2H3,(H,20,21,24). The Kier molecular flexibility index (Phi) is 5.36. The quantitative estimate of drug-likeness (QED) is 0.871. The number of aromatic nitrogens is 2. The maximum absolute atomic E-state index is 12.6. The fourth-order valence-electron chi connectivity index (χ4n) is 3.04. The molecular weight excluding hydrogens is 368 g/mol. The molecule has 1 aromatic heterocycles. The number of benzene rings is 1. The summed E-state index contributed by atoms with van der Waals surface area (Å²) in [4.78, 5) is 24.8. The van der Waals surface area contributed by atoms with Crippen molar-refractivity contribution in [2.75, 3.05) is 37.6 Å². The van der Waals surface area contributed by atoms with Crippen molar-refractivity contribution in [1.82, 2.24) is 14.9 Å². The summed E-state index contributed by atoms with van der Waals surface area (Å²) >= 11 is 3.43. The van der Waals surface area contributed by atoms with Gasteiger partial charge in [0.1, 0.15) is 0 Å². The van der Waals surface area contributed by atoms with Gasteiger partial charge in [0.2, 0.25) is 5.95 Å². The van der Waals surface area contributed by atoms with Gasteiger partial charge >= 0.3 is 0 Å². The molecule has 0 radical (unpaired) electrons. The average Bonchev–Trinajstić information content (AvgIpc) is 2.59. The minimum atomic E-state index is -0.0293. The number of nitrogens with one attached hydrogen (secondary N) is 1. The molecule has 1 saturated heterocycles. The highest BCUT2D eigenvalue weighted by molar-refractivity contribution is 9.10. The lowest BCUT2D eigenvalue weighted by molar-refractivity contribution is 0.269. The summed E-state index contributed by atoms with van der Waals surface area (Å²) < 4.78 is 1.04. The van der Waals surface area contributed by atoms with Gasteiger partial charge in [0.15, 0.2) is 0 Å². The van der Waals surface area contributed by atoms with E-state index in [1.165, 1.54) is 0 Å². The molecule has 0 saturated carbocycles. The molecular formula is C18H23BrN4O. The second-order valence-corrected chi connectivity index (χ2v) is 7.09. The van der Waals surface area contributed by atoms with Crippen LogP contribution in [0.3, 0.4) is 0 Å². The average molecular weight is 391 g/mol. The summed E-state index contributed by atoms with van der Waals surface area (Å²) in [5, 5.41) is 0. The van der Waals surface area contributed by atoms with Gasteiger partial charge in [-0.3, -0.25) is 9.78 Å². The van der Waals surface area contributed by atoms with Crippen LogP contribution in [0.1, 0.15) is 23.7 Å². The van der Waals surface area contributed by atoms with Crippen LogP contribution in [0.5, 0.6) is 0 Å². The van der Waals surface area contributed by atoms with E-state index >= 15 is 0 Å². The van der Waals surface area contributed by atoms with E-state index in [0.29, 0.717) is 12.4 Å². The molecule has 1 aromatic carbocycles. The van der Waals surface area contributed by atoms with Crippen molar-refractivity contribution in [3.8, 4) is 0 Å². The number of piperazine rings is 1. The largest absolute Gasteiger partial charge is 0.340 e. The van der Waals surface area contributed by atoms with Crippen LogP contribution in [-0.4, -0.2) is 47.6 Å². The lowest BCUT2D eigenvalue weighted by Crippen LogP contribution is -2.47. The molecule has 1 aliphatic rings. The molecule has 1 aliphatic heterocycles. The Hall–Kier alpha value is -1.66. The summed E-state index contributed by atoms with van der Waals surface area (Å²) in [5.41, 5.74) is 2.64. The molecule has 0 bridgehead atoms. The molecule has 0 unspecified atom stereocenters. The molecule has 24 heavy (non-hydrogen) atoms. The van der Waals surface area contributed by atoms with Gasteiger partial charge in [-0.25, -0.2) is 4.98 Å². The lowest BCUT2D eigenvalue weighted by Gasteiger charge is -2.34. The highest BCUT2D eigenvalue weighted by Crippen LogP contribution is 2.16. The Morgan fingerprint density at radius 2 is 1.83 bits per heavy atom. The van der Waals surface area contributed by atoms with Gasteiger partial charge in [0, 0.05) is 42.6 Å². The smallest absolute Gasteiger partial charge is 0.256 e. The first-order chi connectivity index (χ1) is 11.6.